The minimum absolute atomic E-state index is 0.0798. The van der Waals surface area contributed by atoms with Gasteiger partial charge in [-0.1, -0.05) is 48.0 Å². The Morgan fingerprint density at radius 3 is 2.62 bits per heavy atom. The molecule has 0 saturated heterocycles. The van der Waals surface area contributed by atoms with Crippen LogP contribution in [0, 0.1) is 6.92 Å². The number of nitrogens with zero attached hydrogens (tertiary/aromatic N) is 3. The molecule has 2 aromatic carbocycles. The van der Waals surface area contributed by atoms with Crippen molar-refractivity contribution in [2.45, 2.75) is 19.9 Å². The van der Waals surface area contributed by atoms with E-state index in [-0.39, 0.29) is 6.04 Å². The Balaban J connectivity index is 1.76. The van der Waals surface area contributed by atoms with Gasteiger partial charge in [0.25, 0.3) is 0 Å². The van der Waals surface area contributed by atoms with Crippen LogP contribution in [0.25, 0.3) is 0 Å². The van der Waals surface area contributed by atoms with E-state index in [2.05, 4.69) is 44.9 Å². The number of hydrogen-bond donors (Lipinski definition) is 2. The first-order chi connectivity index (χ1) is 11.6. The van der Waals surface area contributed by atoms with Crippen LogP contribution in [0.4, 0.5) is 17.5 Å². The molecule has 0 aliphatic heterocycles. The lowest BCUT2D eigenvalue weighted by Crippen LogP contribution is -2.11. The van der Waals surface area contributed by atoms with Gasteiger partial charge < -0.3 is 10.6 Å². The first-order valence-electron chi connectivity index (χ1n) is 7.67. The fourth-order valence-corrected chi connectivity index (χ4v) is 2.50. The summed E-state index contributed by atoms with van der Waals surface area (Å²) in [4.78, 5) is 4.47. The average molecular weight is 340 g/mol. The van der Waals surface area contributed by atoms with Crippen LogP contribution in [0.1, 0.15) is 24.1 Å². The summed E-state index contributed by atoms with van der Waals surface area (Å²) in [5, 5.41) is 15.3. The topological polar surface area (TPSA) is 62.7 Å². The monoisotopic (exact) mass is 339 g/mol. The summed E-state index contributed by atoms with van der Waals surface area (Å²) in [6.07, 6.45) is 1.58. The zero-order valence-corrected chi connectivity index (χ0v) is 14.2. The molecule has 1 atom stereocenters. The van der Waals surface area contributed by atoms with E-state index >= 15 is 0 Å². The molecule has 1 heterocycles. The Bertz CT molecular complexity index is 823. The van der Waals surface area contributed by atoms with Crippen molar-refractivity contribution in [1.82, 2.24) is 15.2 Å². The number of anilines is 3. The lowest BCUT2D eigenvalue weighted by atomic mass is 10.1. The van der Waals surface area contributed by atoms with Gasteiger partial charge in [-0.2, -0.15) is 10.1 Å². The maximum Gasteiger partial charge on any atom is 0.245 e. The summed E-state index contributed by atoms with van der Waals surface area (Å²) in [6.45, 7) is 4.01. The van der Waals surface area contributed by atoms with E-state index in [0.29, 0.717) is 16.8 Å². The number of hydrogen-bond acceptors (Lipinski definition) is 5. The highest BCUT2D eigenvalue weighted by Gasteiger charge is 2.09. The van der Waals surface area contributed by atoms with Crippen molar-refractivity contribution in [1.29, 1.82) is 0 Å². The van der Waals surface area contributed by atoms with Crippen LogP contribution in [0.5, 0.6) is 0 Å². The van der Waals surface area contributed by atoms with Crippen LogP contribution in [-0.4, -0.2) is 15.2 Å². The quantitative estimate of drug-likeness (QED) is 0.702. The lowest BCUT2D eigenvalue weighted by molar-refractivity contribution is 0.841. The molecule has 6 heteroatoms. The summed E-state index contributed by atoms with van der Waals surface area (Å²) in [6, 6.07) is 15.9. The summed E-state index contributed by atoms with van der Waals surface area (Å²) in [5.74, 6) is 1.08. The molecule has 1 aromatic heterocycles. The third kappa shape index (κ3) is 3.81. The van der Waals surface area contributed by atoms with Crippen molar-refractivity contribution in [3.63, 3.8) is 0 Å². The molecule has 0 fully saturated rings. The van der Waals surface area contributed by atoms with Gasteiger partial charge in [0, 0.05) is 10.7 Å². The molecule has 0 spiro atoms. The fraction of sp³-hybridized carbons (Fsp3) is 0.167. The lowest BCUT2D eigenvalue weighted by Gasteiger charge is -2.14. The van der Waals surface area contributed by atoms with Crippen LogP contribution in [0.2, 0.25) is 5.02 Å². The van der Waals surface area contributed by atoms with Gasteiger partial charge in [0.15, 0.2) is 5.82 Å². The SMILES string of the molecule is Cc1c(Cl)cccc1Nc1cnnc(NC(C)c2ccccc2)n1. The molecule has 1 unspecified atom stereocenters. The molecule has 0 amide bonds. The molecule has 0 bridgehead atoms. The molecular formula is C18H18ClN5. The minimum Gasteiger partial charge on any atom is -0.346 e. The summed E-state index contributed by atoms with van der Waals surface area (Å²) >= 11 is 6.15. The molecular weight excluding hydrogens is 322 g/mol. The second kappa shape index (κ2) is 7.27. The molecule has 3 aromatic rings. The van der Waals surface area contributed by atoms with Crippen molar-refractivity contribution in [2.75, 3.05) is 10.6 Å². The van der Waals surface area contributed by atoms with Crippen LogP contribution in [0.3, 0.4) is 0 Å². The number of rotatable bonds is 5. The highest BCUT2D eigenvalue weighted by Crippen LogP contribution is 2.25. The molecule has 3 rings (SSSR count). The van der Waals surface area contributed by atoms with Crippen LogP contribution >= 0.6 is 11.6 Å². The minimum atomic E-state index is 0.0798. The normalized spacial score (nSPS) is 11.8. The fourth-order valence-electron chi connectivity index (χ4n) is 2.32. The number of benzene rings is 2. The molecule has 0 radical (unpaired) electrons. The van der Waals surface area contributed by atoms with Crippen molar-refractivity contribution < 1.29 is 0 Å². The van der Waals surface area contributed by atoms with E-state index in [4.69, 9.17) is 11.6 Å². The van der Waals surface area contributed by atoms with Crippen LogP contribution < -0.4 is 10.6 Å². The van der Waals surface area contributed by atoms with E-state index in [1.807, 2.05) is 43.3 Å². The Morgan fingerprint density at radius 2 is 1.83 bits per heavy atom. The van der Waals surface area contributed by atoms with Gasteiger partial charge in [-0.3, -0.25) is 0 Å². The van der Waals surface area contributed by atoms with E-state index in [9.17, 15) is 0 Å². The second-order valence-electron chi connectivity index (χ2n) is 5.48. The third-order valence-corrected chi connectivity index (χ3v) is 4.14. The van der Waals surface area contributed by atoms with Gasteiger partial charge in [-0.25, -0.2) is 0 Å². The highest BCUT2D eigenvalue weighted by molar-refractivity contribution is 6.31. The zero-order chi connectivity index (χ0) is 16.9. The molecule has 0 saturated carbocycles. The van der Waals surface area contributed by atoms with Gasteiger partial charge in [0.1, 0.15) is 0 Å². The van der Waals surface area contributed by atoms with Crippen molar-refractivity contribution in [3.05, 3.63) is 70.9 Å². The predicted molar refractivity (Wildman–Crippen MR) is 97.8 cm³/mol. The first kappa shape index (κ1) is 16.2. The summed E-state index contributed by atoms with van der Waals surface area (Å²) in [5.41, 5.74) is 3.01. The number of halogens is 1. The Morgan fingerprint density at radius 1 is 1.04 bits per heavy atom. The smallest absolute Gasteiger partial charge is 0.245 e. The molecule has 0 aliphatic carbocycles. The molecule has 2 N–H and O–H groups in total. The number of nitrogens with one attached hydrogen (secondary N) is 2. The van der Waals surface area contributed by atoms with E-state index in [0.717, 1.165) is 16.8 Å². The Labute approximate surface area is 146 Å². The number of aromatic nitrogens is 3. The van der Waals surface area contributed by atoms with Crippen LogP contribution in [0.15, 0.2) is 54.7 Å². The van der Waals surface area contributed by atoms with Gasteiger partial charge in [0.05, 0.1) is 12.2 Å². The predicted octanol–water partition coefficient (Wildman–Crippen LogP) is 4.75. The maximum atomic E-state index is 6.15. The van der Waals surface area contributed by atoms with E-state index in [1.165, 1.54) is 0 Å². The molecule has 5 nitrogen and oxygen atoms in total. The average Bonchev–Trinajstić information content (AvgIpc) is 2.60. The molecule has 0 aliphatic rings. The zero-order valence-electron chi connectivity index (χ0n) is 13.5. The van der Waals surface area contributed by atoms with Crippen molar-refractivity contribution >= 4 is 29.1 Å². The molecule has 24 heavy (non-hydrogen) atoms. The third-order valence-electron chi connectivity index (χ3n) is 3.73. The Kier molecular flexibility index (Phi) is 4.91. The van der Waals surface area contributed by atoms with Gasteiger partial charge in [-0.05, 0) is 37.1 Å². The second-order valence-corrected chi connectivity index (χ2v) is 5.89. The summed E-state index contributed by atoms with van der Waals surface area (Å²) < 4.78 is 0. The van der Waals surface area contributed by atoms with Gasteiger partial charge >= 0.3 is 0 Å². The van der Waals surface area contributed by atoms with E-state index in [1.54, 1.807) is 6.20 Å². The standard InChI is InChI=1S/C18H18ClN5/c1-12-15(19)9-6-10-16(12)22-17-11-20-24-18(23-17)21-13(2)14-7-4-3-5-8-14/h3-11,13H,1-2H3,(H2,21,22,23,24). The van der Waals surface area contributed by atoms with Crippen molar-refractivity contribution in [3.8, 4) is 0 Å². The first-order valence-corrected chi connectivity index (χ1v) is 8.04. The maximum absolute atomic E-state index is 6.15. The van der Waals surface area contributed by atoms with Crippen LogP contribution in [-0.2, 0) is 0 Å². The van der Waals surface area contributed by atoms with Gasteiger partial charge in [-0.15, -0.1) is 5.10 Å². The largest absolute Gasteiger partial charge is 0.346 e. The van der Waals surface area contributed by atoms with Crippen molar-refractivity contribution in [2.24, 2.45) is 0 Å². The molecule has 122 valence electrons. The van der Waals surface area contributed by atoms with Gasteiger partial charge in [0.2, 0.25) is 5.95 Å². The summed E-state index contributed by atoms with van der Waals surface area (Å²) in [7, 11) is 0. The highest BCUT2D eigenvalue weighted by atomic mass is 35.5. The Hall–Kier alpha value is -2.66. The van der Waals surface area contributed by atoms with E-state index < -0.39 is 0 Å².